The number of rotatable bonds is 9. The Hall–Kier alpha value is -2.83. The second kappa shape index (κ2) is 10.2. The van der Waals surface area contributed by atoms with Gasteiger partial charge in [-0.3, -0.25) is 9.29 Å². The highest BCUT2D eigenvalue weighted by atomic mass is 35.5. The van der Waals surface area contributed by atoms with Crippen LogP contribution in [0.15, 0.2) is 30.6 Å². The van der Waals surface area contributed by atoms with Gasteiger partial charge in [0.25, 0.3) is 0 Å². The smallest absolute Gasteiger partial charge is 0.240 e. The predicted molar refractivity (Wildman–Crippen MR) is 126 cm³/mol. The Morgan fingerprint density at radius 3 is 2.50 bits per heavy atom. The first-order chi connectivity index (χ1) is 16.3. The van der Waals surface area contributed by atoms with E-state index in [0.717, 1.165) is 25.7 Å². The van der Waals surface area contributed by atoms with Crippen LogP contribution in [0.25, 0.3) is 11.5 Å². The van der Waals surface area contributed by atoms with E-state index in [2.05, 4.69) is 29.9 Å². The van der Waals surface area contributed by atoms with Crippen LogP contribution in [0.2, 0.25) is 5.02 Å². The van der Waals surface area contributed by atoms with Gasteiger partial charge in [-0.15, -0.1) is 10.2 Å². The number of sulfonamides is 1. The van der Waals surface area contributed by atoms with Gasteiger partial charge in [-0.25, -0.2) is 23.4 Å². The number of aromatic nitrogens is 6. The zero-order chi connectivity index (χ0) is 24.3. The van der Waals surface area contributed by atoms with E-state index in [1.165, 1.54) is 33.5 Å². The molecule has 2 atom stereocenters. The van der Waals surface area contributed by atoms with Gasteiger partial charge in [-0.05, 0) is 25.8 Å². The van der Waals surface area contributed by atoms with Crippen molar-refractivity contribution in [3.05, 3.63) is 41.4 Å². The molecule has 0 aliphatic heterocycles. The van der Waals surface area contributed by atoms with Crippen LogP contribution >= 0.6 is 11.6 Å². The van der Waals surface area contributed by atoms with E-state index >= 15 is 0 Å². The SMILES string of the molecule is COc1cccc(-c2nnc(NS(=O)(=O)C(C)C(OC)c3ncc(Cl)cn3)n2C2CCCC2)n1. The van der Waals surface area contributed by atoms with Crippen LogP contribution in [0.1, 0.15) is 50.6 Å². The molecule has 0 saturated heterocycles. The molecule has 1 saturated carbocycles. The lowest BCUT2D eigenvalue weighted by Gasteiger charge is -2.23. The highest BCUT2D eigenvalue weighted by Crippen LogP contribution is 2.36. The number of anilines is 1. The average Bonchev–Trinajstić information content (AvgIpc) is 3.50. The van der Waals surface area contributed by atoms with Crippen molar-refractivity contribution in [3.63, 3.8) is 0 Å². The molecule has 2 unspecified atom stereocenters. The number of nitrogens with zero attached hydrogens (tertiary/aromatic N) is 6. The summed E-state index contributed by atoms with van der Waals surface area (Å²) in [6, 6.07) is 5.37. The molecule has 4 rings (SSSR count). The number of pyridine rings is 1. The van der Waals surface area contributed by atoms with Crippen molar-refractivity contribution >= 4 is 27.6 Å². The molecule has 1 N–H and O–H groups in total. The van der Waals surface area contributed by atoms with Gasteiger partial charge in [-0.2, -0.15) is 0 Å². The van der Waals surface area contributed by atoms with Crippen molar-refractivity contribution in [2.45, 2.75) is 50.0 Å². The van der Waals surface area contributed by atoms with E-state index in [1.807, 2.05) is 4.57 Å². The minimum atomic E-state index is -3.97. The summed E-state index contributed by atoms with van der Waals surface area (Å²) in [6.45, 7) is 1.52. The minimum absolute atomic E-state index is 0.0452. The van der Waals surface area contributed by atoms with Gasteiger partial charge in [0.05, 0.1) is 12.1 Å². The zero-order valence-corrected chi connectivity index (χ0v) is 20.6. The van der Waals surface area contributed by atoms with Crippen molar-refractivity contribution in [2.24, 2.45) is 0 Å². The maximum Gasteiger partial charge on any atom is 0.240 e. The van der Waals surface area contributed by atoms with E-state index in [9.17, 15) is 8.42 Å². The van der Waals surface area contributed by atoms with Gasteiger partial charge < -0.3 is 9.47 Å². The third-order valence-corrected chi connectivity index (χ3v) is 7.73. The zero-order valence-electron chi connectivity index (χ0n) is 19.0. The van der Waals surface area contributed by atoms with E-state index < -0.39 is 21.4 Å². The fourth-order valence-corrected chi connectivity index (χ4v) is 5.29. The van der Waals surface area contributed by atoms with Crippen LogP contribution in [-0.2, 0) is 14.8 Å². The van der Waals surface area contributed by atoms with E-state index in [-0.39, 0.29) is 17.8 Å². The van der Waals surface area contributed by atoms with Crippen LogP contribution in [0.4, 0.5) is 5.95 Å². The lowest BCUT2D eigenvalue weighted by atomic mass is 10.2. The number of hydrogen-bond donors (Lipinski definition) is 1. The standard InChI is InChI=1S/C21H26ClN7O4S/c1-13(18(33-3)19-23-11-14(22)12-24-19)34(30,31)28-21-27-26-20(29(21)15-7-4-5-8-15)16-9-6-10-17(25-16)32-2/h6,9-13,15,18H,4-5,7-8H2,1-3H3,(H,27,28). The van der Waals surface area contributed by atoms with Crippen molar-refractivity contribution in [1.82, 2.24) is 29.7 Å². The first-order valence-corrected chi connectivity index (χ1v) is 12.7. The van der Waals surface area contributed by atoms with Gasteiger partial charge in [0.1, 0.15) is 17.0 Å². The Morgan fingerprint density at radius 1 is 1.15 bits per heavy atom. The maximum absolute atomic E-state index is 13.4. The highest BCUT2D eigenvalue weighted by molar-refractivity contribution is 7.93. The van der Waals surface area contributed by atoms with Crippen LogP contribution in [0.3, 0.4) is 0 Å². The van der Waals surface area contributed by atoms with Crippen molar-refractivity contribution in [1.29, 1.82) is 0 Å². The molecule has 11 nitrogen and oxygen atoms in total. The lowest BCUT2D eigenvalue weighted by molar-refractivity contribution is 0.0950. The van der Waals surface area contributed by atoms with Crippen molar-refractivity contribution in [2.75, 3.05) is 18.9 Å². The minimum Gasteiger partial charge on any atom is -0.481 e. The Kier molecular flexibility index (Phi) is 7.29. The fourth-order valence-electron chi connectivity index (χ4n) is 4.06. The summed E-state index contributed by atoms with van der Waals surface area (Å²) < 4.78 is 41.8. The fraction of sp³-hybridized carbons (Fsp3) is 0.476. The van der Waals surface area contributed by atoms with Gasteiger partial charge in [0.15, 0.2) is 11.6 Å². The van der Waals surface area contributed by atoms with Crippen LogP contribution in [0, 0.1) is 0 Å². The monoisotopic (exact) mass is 507 g/mol. The molecule has 1 fully saturated rings. The number of nitrogens with one attached hydrogen (secondary N) is 1. The molecule has 3 heterocycles. The largest absolute Gasteiger partial charge is 0.481 e. The average molecular weight is 508 g/mol. The van der Waals surface area contributed by atoms with Gasteiger partial charge in [-0.1, -0.05) is 30.5 Å². The summed E-state index contributed by atoms with van der Waals surface area (Å²) in [6.07, 6.45) is 5.72. The number of ether oxygens (including phenoxy) is 2. The number of methoxy groups -OCH3 is 2. The summed E-state index contributed by atoms with van der Waals surface area (Å²) in [4.78, 5) is 12.7. The molecule has 3 aromatic rings. The van der Waals surface area contributed by atoms with Crippen LogP contribution in [0.5, 0.6) is 5.88 Å². The third kappa shape index (κ3) is 4.98. The number of hydrogen-bond acceptors (Lipinski definition) is 9. The molecule has 1 aliphatic carbocycles. The molecule has 0 amide bonds. The van der Waals surface area contributed by atoms with Crippen molar-refractivity contribution < 1.29 is 17.9 Å². The van der Waals surface area contributed by atoms with Crippen molar-refractivity contribution in [3.8, 4) is 17.4 Å². The third-order valence-electron chi connectivity index (χ3n) is 5.85. The first kappa shape index (κ1) is 24.3. The number of halogens is 1. The molecule has 0 radical (unpaired) electrons. The summed E-state index contributed by atoms with van der Waals surface area (Å²) in [7, 11) is -1.03. The molecule has 13 heteroatoms. The molecule has 1 aliphatic rings. The quantitative estimate of drug-likeness (QED) is 0.462. The first-order valence-electron chi connectivity index (χ1n) is 10.8. The normalized spacial score (nSPS) is 16.4. The summed E-state index contributed by atoms with van der Waals surface area (Å²) in [5.41, 5.74) is 0.543. The van der Waals surface area contributed by atoms with Gasteiger partial charge in [0, 0.05) is 31.6 Å². The van der Waals surface area contributed by atoms with Gasteiger partial charge >= 0.3 is 0 Å². The molecule has 0 spiro atoms. The molecular weight excluding hydrogens is 482 g/mol. The molecule has 34 heavy (non-hydrogen) atoms. The second-order valence-electron chi connectivity index (χ2n) is 7.99. The summed E-state index contributed by atoms with van der Waals surface area (Å²) in [5, 5.41) is 7.77. The van der Waals surface area contributed by atoms with Gasteiger partial charge in [0.2, 0.25) is 21.9 Å². The molecular formula is C21H26ClN7O4S. The van der Waals surface area contributed by atoms with E-state index in [1.54, 1.807) is 18.2 Å². The van der Waals surface area contributed by atoms with E-state index in [0.29, 0.717) is 22.4 Å². The van der Waals surface area contributed by atoms with Crippen LogP contribution in [-0.4, -0.2) is 57.6 Å². The topological polar surface area (TPSA) is 134 Å². The molecule has 3 aromatic heterocycles. The Morgan fingerprint density at radius 2 is 1.85 bits per heavy atom. The highest BCUT2D eigenvalue weighted by Gasteiger charge is 2.35. The Labute approximate surface area is 203 Å². The predicted octanol–water partition coefficient (Wildman–Crippen LogP) is 3.43. The summed E-state index contributed by atoms with van der Waals surface area (Å²) >= 11 is 5.86. The van der Waals surface area contributed by atoms with E-state index in [4.69, 9.17) is 21.1 Å². The lowest BCUT2D eigenvalue weighted by Crippen LogP contribution is -2.33. The maximum atomic E-state index is 13.4. The Bertz CT molecular complexity index is 1230. The second-order valence-corrected chi connectivity index (χ2v) is 10.5. The summed E-state index contributed by atoms with van der Waals surface area (Å²) in [5.74, 6) is 1.24. The Balaban J connectivity index is 1.68. The molecule has 0 aromatic carbocycles. The molecule has 0 bridgehead atoms. The van der Waals surface area contributed by atoms with Crippen LogP contribution < -0.4 is 9.46 Å². The molecule has 182 valence electrons.